The maximum absolute atomic E-state index is 5.15. The first-order valence-corrected chi connectivity index (χ1v) is 6.99. The molecule has 0 atom stereocenters. The Kier molecular flexibility index (Phi) is 5.92. The number of hydrogen-bond donors (Lipinski definition) is 0. The Bertz CT molecular complexity index is 355. The first-order chi connectivity index (χ1) is 8.10. The molecule has 0 aliphatic carbocycles. The van der Waals surface area contributed by atoms with Gasteiger partial charge in [0.15, 0.2) is 0 Å². The quantitative estimate of drug-likeness (QED) is 0.755. The van der Waals surface area contributed by atoms with Crippen molar-refractivity contribution in [3.8, 4) is 0 Å². The Hall–Kier alpha value is -0.610. The van der Waals surface area contributed by atoms with Crippen LogP contribution in [0, 0.1) is 6.92 Å². The van der Waals surface area contributed by atoms with Crippen molar-refractivity contribution < 1.29 is 4.74 Å². The summed E-state index contributed by atoms with van der Waals surface area (Å²) in [7, 11) is 1.73. The number of pyridine rings is 1. The summed E-state index contributed by atoms with van der Waals surface area (Å²) < 4.78 is 5.15. The molecule has 0 amide bonds. The average molecular weight is 301 g/mol. The summed E-state index contributed by atoms with van der Waals surface area (Å²) in [6.45, 7) is 8.05. The molecule has 0 saturated heterocycles. The SMILES string of the molecule is COCCN(c1ncc(CBr)cc1C)C(C)C. The molecule has 4 heteroatoms. The standard InChI is InChI=1S/C13H21BrN2O/c1-10(2)16(5-6-17-4)13-11(3)7-12(8-14)9-15-13/h7,9-10H,5-6,8H2,1-4H3. The maximum Gasteiger partial charge on any atom is 0.131 e. The van der Waals surface area contributed by atoms with E-state index in [9.17, 15) is 0 Å². The molecule has 3 nitrogen and oxygen atoms in total. The van der Waals surface area contributed by atoms with E-state index in [1.54, 1.807) is 7.11 Å². The number of aromatic nitrogens is 1. The van der Waals surface area contributed by atoms with Crippen molar-refractivity contribution in [3.63, 3.8) is 0 Å². The molecule has 0 unspecified atom stereocenters. The molecule has 1 heterocycles. The Morgan fingerprint density at radius 3 is 2.65 bits per heavy atom. The molecule has 0 aromatic carbocycles. The van der Waals surface area contributed by atoms with Crippen LogP contribution in [-0.4, -0.2) is 31.3 Å². The van der Waals surface area contributed by atoms with Gasteiger partial charge in [0.05, 0.1) is 6.61 Å². The highest BCUT2D eigenvalue weighted by molar-refractivity contribution is 9.08. The smallest absolute Gasteiger partial charge is 0.131 e. The van der Waals surface area contributed by atoms with Crippen molar-refractivity contribution in [2.45, 2.75) is 32.1 Å². The van der Waals surface area contributed by atoms with Gasteiger partial charge in [-0.3, -0.25) is 0 Å². The number of nitrogens with zero attached hydrogens (tertiary/aromatic N) is 2. The third-order valence-corrected chi connectivity index (χ3v) is 3.34. The van der Waals surface area contributed by atoms with Gasteiger partial charge in [-0.1, -0.05) is 22.0 Å². The van der Waals surface area contributed by atoms with Crippen LogP contribution in [0.2, 0.25) is 0 Å². The van der Waals surface area contributed by atoms with Gasteiger partial charge in [0, 0.05) is 31.2 Å². The minimum Gasteiger partial charge on any atom is -0.383 e. The molecule has 1 aromatic rings. The summed E-state index contributed by atoms with van der Waals surface area (Å²) in [4.78, 5) is 6.84. The fourth-order valence-corrected chi connectivity index (χ4v) is 2.10. The Morgan fingerprint density at radius 1 is 1.47 bits per heavy atom. The normalized spacial score (nSPS) is 10.9. The fourth-order valence-electron chi connectivity index (χ4n) is 1.80. The third-order valence-electron chi connectivity index (χ3n) is 2.69. The Balaban J connectivity index is 2.93. The van der Waals surface area contributed by atoms with Gasteiger partial charge in [-0.15, -0.1) is 0 Å². The lowest BCUT2D eigenvalue weighted by Gasteiger charge is -2.29. The number of rotatable bonds is 6. The predicted octanol–water partition coefficient (Wildman–Crippen LogP) is 3.15. The Morgan fingerprint density at radius 2 is 2.18 bits per heavy atom. The van der Waals surface area contributed by atoms with Gasteiger partial charge in [-0.25, -0.2) is 4.98 Å². The average Bonchev–Trinajstić information content (AvgIpc) is 2.30. The molecule has 1 rings (SSSR count). The summed E-state index contributed by atoms with van der Waals surface area (Å²) in [6, 6.07) is 2.60. The molecule has 0 fully saturated rings. The minimum absolute atomic E-state index is 0.422. The predicted molar refractivity (Wildman–Crippen MR) is 76.0 cm³/mol. The second-order valence-electron chi connectivity index (χ2n) is 4.40. The Labute approximate surface area is 112 Å². The van der Waals surface area contributed by atoms with Gasteiger partial charge in [0.25, 0.3) is 0 Å². The molecule has 0 aliphatic heterocycles. The summed E-state index contributed by atoms with van der Waals surface area (Å²) in [5.41, 5.74) is 2.42. The van der Waals surface area contributed by atoms with Crippen LogP contribution in [0.15, 0.2) is 12.3 Å². The topological polar surface area (TPSA) is 25.4 Å². The van der Waals surface area contributed by atoms with E-state index in [1.807, 2.05) is 6.20 Å². The molecule has 0 N–H and O–H groups in total. The zero-order valence-electron chi connectivity index (χ0n) is 11.0. The van der Waals surface area contributed by atoms with Crippen LogP contribution in [0.4, 0.5) is 5.82 Å². The van der Waals surface area contributed by atoms with E-state index >= 15 is 0 Å². The number of halogens is 1. The first kappa shape index (κ1) is 14.5. The highest BCUT2D eigenvalue weighted by atomic mass is 79.9. The summed E-state index contributed by atoms with van der Waals surface area (Å²) in [6.07, 6.45) is 1.93. The van der Waals surface area contributed by atoms with Crippen molar-refractivity contribution in [2.75, 3.05) is 25.2 Å². The van der Waals surface area contributed by atoms with Gasteiger partial charge in [-0.05, 0) is 31.9 Å². The molecule has 0 spiro atoms. The highest BCUT2D eigenvalue weighted by Crippen LogP contribution is 2.20. The molecule has 0 bridgehead atoms. The van der Waals surface area contributed by atoms with E-state index in [4.69, 9.17) is 4.74 Å². The minimum atomic E-state index is 0.422. The van der Waals surface area contributed by atoms with Crippen molar-refractivity contribution >= 4 is 21.7 Å². The molecular weight excluding hydrogens is 280 g/mol. The first-order valence-electron chi connectivity index (χ1n) is 5.87. The van der Waals surface area contributed by atoms with Crippen molar-refractivity contribution in [2.24, 2.45) is 0 Å². The van der Waals surface area contributed by atoms with Crippen LogP contribution in [0.3, 0.4) is 0 Å². The zero-order valence-corrected chi connectivity index (χ0v) is 12.6. The summed E-state index contributed by atoms with van der Waals surface area (Å²) in [5, 5.41) is 0.848. The molecule has 17 heavy (non-hydrogen) atoms. The number of alkyl halides is 1. The lowest BCUT2D eigenvalue weighted by molar-refractivity contribution is 0.203. The fraction of sp³-hybridized carbons (Fsp3) is 0.615. The molecule has 1 aromatic heterocycles. The van der Waals surface area contributed by atoms with Crippen LogP contribution in [-0.2, 0) is 10.1 Å². The summed E-state index contributed by atoms with van der Waals surface area (Å²) >= 11 is 3.45. The molecule has 0 radical (unpaired) electrons. The lowest BCUT2D eigenvalue weighted by Crippen LogP contribution is -2.35. The summed E-state index contributed by atoms with van der Waals surface area (Å²) in [5.74, 6) is 1.06. The largest absolute Gasteiger partial charge is 0.383 e. The second kappa shape index (κ2) is 6.97. The monoisotopic (exact) mass is 300 g/mol. The van der Waals surface area contributed by atoms with Gasteiger partial charge in [0.2, 0.25) is 0 Å². The van der Waals surface area contributed by atoms with E-state index in [2.05, 4.69) is 52.7 Å². The van der Waals surface area contributed by atoms with Crippen LogP contribution in [0.5, 0.6) is 0 Å². The van der Waals surface area contributed by atoms with Crippen molar-refractivity contribution in [3.05, 3.63) is 23.4 Å². The molecule has 0 saturated carbocycles. The van der Waals surface area contributed by atoms with Gasteiger partial charge >= 0.3 is 0 Å². The number of aryl methyl sites for hydroxylation is 1. The van der Waals surface area contributed by atoms with Crippen molar-refractivity contribution in [1.82, 2.24) is 4.98 Å². The van der Waals surface area contributed by atoms with Crippen LogP contribution >= 0.6 is 15.9 Å². The van der Waals surface area contributed by atoms with Gasteiger partial charge < -0.3 is 9.64 Å². The van der Waals surface area contributed by atoms with E-state index in [1.165, 1.54) is 11.1 Å². The van der Waals surface area contributed by atoms with Crippen LogP contribution in [0.1, 0.15) is 25.0 Å². The van der Waals surface area contributed by atoms with Crippen LogP contribution in [0.25, 0.3) is 0 Å². The van der Waals surface area contributed by atoms with E-state index in [0.717, 1.165) is 24.3 Å². The van der Waals surface area contributed by atoms with E-state index in [-0.39, 0.29) is 0 Å². The molecule has 0 aliphatic rings. The number of methoxy groups -OCH3 is 1. The lowest BCUT2D eigenvalue weighted by atomic mass is 10.2. The van der Waals surface area contributed by atoms with Crippen molar-refractivity contribution in [1.29, 1.82) is 0 Å². The number of anilines is 1. The van der Waals surface area contributed by atoms with Gasteiger partial charge in [0.1, 0.15) is 5.82 Å². The van der Waals surface area contributed by atoms with Gasteiger partial charge in [-0.2, -0.15) is 0 Å². The maximum atomic E-state index is 5.15. The number of ether oxygens (including phenoxy) is 1. The van der Waals surface area contributed by atoms with E-state index < -0.39 is 0 Å². The number of hydrogen-bond acceptors (Lipinski definition) is 3. The zero-order chi connectivity index (χ0) is 12.8. The van der Waals surface area contributed by atoms with Crippen LogP contribution < -0.4 is 4.90 Å². The van der Waals surface area contributed by atoms with E-state index in [0.29, 0.717) is 6.04 Å². The molecule has 96 valence electrons. The molecular formula is C13H21BrN2O. The second-order valence-corrected chi connectivity index (χ2v) is 4.96. The third kappa shape index (κ3) is 3.96. The highest BCUT2D eigenvalue weighted by Gasteiger charge is 2.14.